The van der Waals surface area contributed by atoms with Crippen molar-refractivity contribution in [3.63, 3.8) is 0 Å². The van der Waals surface area contributed by atoms with E-state index in [2.05, 4.69) is 37.0 Å². The van der Waals surface area contributed by atoms with Crippen LogP contribution in [0.15, 0.2) is 54.7 Å². The van der Waals surface area contributed by atoms with Gasteiger partial charge in [0.1, 0.15) is 0 Å². The Labute approximate surface area is 96.1 Å². The third-order valence-electron chi connectivity index (χ3n) is 2.77. The maximum absolute atomic E-state index is 4.45. The number of hydrogen-bond acceptors (Lipinski definition) is 1. The Kier molecular flexibility index (Phi) is 3.16. The number of aromatic nitrogens is 1. The lowest BCUT2D eigenvalue weighted by Crippen LogP contribution is -1.81. The van der Waals surface area contributed by atoms with Gasteiger partial charge in [0.2, 0.25) is 0 Å². The second kappa shape index (κ2) is 4.75. The van der Waals surface area contributed by atoms with Crippen molar-refractivity contribution in [3.8, 4) is 0 Å². The van der Waals surface area contributed by atoms with Crippen LogP contribution in [0, 0.1) is 13.8 Å². The molecular weight excluding hydrogens is 194 g/mol. The molecule has 0 atom stereocenters. The molecule has 0 saturated heterocycles. The van der Waals surface area contributed by atoms with Crippen LogP contribution in [0.25, 0.3) is 10.9 Å². The Bertz CT molecular complexity index is 557. The number of aryl methyl sites for hydroxylation is 2. The van der Waals surface area contributed by atoms with Crippen molar-refractivity contribution >= 4 is 10.9 Å². The summed E-state index contributed by atoms with van der Waals surface area (Å²) in [6.45, 7) is 4.27. The zero-order chi connectivity index (χ0) is 11.4. The molecular formula is C15H15N. The Hall–Kier alpha value is -1.89. The van der Waals surface area contributed by atoms with Crippen LogP contribution in [-0.4, -0.2) is 4.98 Å². The molecule has 0 radical (unpaired) electrons. The minimum atomic E-state index is 1.03. The van der Waals surface area contributed by atoms with E-state index in [1.54, 1.807) is 0 Å². The van der Waals surface area contributed by atoms with Gasteiger partial charge in [-0.3, -0.25) is 4.98 Å². The Morgan fingerprint density at radius 2 is 1.56 bits per heavy atom. The normalized spacial score (nSPS) is 9.88. The van der Waals surface area contributed by atoms with Crippen LogP contribution in [0.5, 0.6) is 0 Å². The number of fused-ring (bicyclic) bond motifs is 1. The van der Waals surface area contributed by atoms with Gasteiger partial charge in [0, 0.05) is 11.6 Å². The summed E-state index contributed by atoms with van der Waals surface area (Å²) in [5, 5.41) is 1.20. The Morgan fingerprint density at radius 1 is 0.812 bits per heavy atom. The van der Waals surface area contributed by atoms with Gasteiger partial charge in [-0.25, -0.2) is 0 Å². The summed E-state index contributed by atoms with van der Waals surface area (Å²) in [4.78, 5) is 4.45. The molecule has 0 spiro atoms. The van der Waals surface area contributed by atoms with Gasteiger partial charge in [-0.05, 0) is 37.1 Å². The van der Waals surface area contributed by atoms with Gasteiger partial charge in [-0.1, -0.05) is 36.4 Å². The third-order valence-corrected chi connectivity index (χ3v) is 2.77. The van der Waals surface area contributed by atoms with Gasteiger partial charge in [-0.15, -0.1) is 0 Å². The average Bonchev–Trinajstić information content (AvgIpc) is 2.32. The van der Waals surface area contributed by atoms with E-state index in [0.29, 0.717) is 0 Å². The monoisotopic (exact) mass is 209 g/mol. The van der Waals surface area contributed by atoms with E-state index < -0.39 is 0 Å². The van der Waals surface area contributed by atoms with Gasteiger partial charge in [0.15, 0.2) is 0 Å². The van der Waals surface area contributed by atoms with Crippen LogP contribution in [-0.2, 0) is 0 Å². The molecule has 0 saturated carbocycles. The third kappa shape index (κ3) is 2.19. The molecule has 1 heterocycles. The summed E-state index contributed by atoms with van der Waals surface area (Å²) in [7, 11) is 0. The molecule has 0 amide bonds. The lowest BCUT2D eigenvalue weighted by atomic mass is 10.1. The van der Waals surface area contributed by atoms with Gasteiger partial charge >= 0.3 is 0 Å². The summed E-state index contributed by atoms with van der Waals surface area (Å²) in [5.74, 6) is 0. The van der Waals surface area contributed by atoms with Gasteiger partial charge in [-0.2, -0.15) is 0 Å². The Morgan fingerprint density at radius 3 is 2.44 bits per heavy atom. The van der Waals surface area contributed by atoms with Crippen molar-refractivity contribution in [2.45, 2.75) is 13.8 Å². The molecule has 16 heavy (non-hydrogen) atoms. The lowest BCUT2D eigenvalue weighted by molar-refractivity contribution is 1.36. The molecule has 0 aliphatic carbocycles. The number of nitrogens with zero attached hydrogens (tertiary/aromatic N) is 1. The van der Waals surface area contributed by atoms with Crippen LogP contribution in [0.1, 0.15) is 11.1 Å². The summed E-state index contributed by atoms with van der Waals surface area (Å²) in [6, 6.07) is 16.3. The number of para-hydroxylation sites is 1. The first-order valence-electron chi connectivity index (χ1n) is 5.43. The zero-order valence-corrected chi connectivity index (χ0v) is 9.64. The predicted molar refractivity (Wildman–Crippen MR) is 68.8 cm³/mol. The highest BCUT2D eigenvalue weighted by Gasteiger charge is 1.95. The van der Waals surface area contributed by atoms with Gasteiger partial charge < -0.3 is 0 Å². The molecule has 0 N–H and O–H groups in total. The number of rotatable bonds is 0. The first-order chi connectivity index (χ1) is 7.79. The molecule has 0 unspecified atom stereocenters. The minimum Gasteiger partial charge on any atom is -0.256 e. The molecule has 2 aromatic rings. The molecule has 0 aliphatic heterocycles. The smallest absolute Gasteiger partial charge is 0.0704 e. The quantitative estimate of drug-likeness (QED) is 0.639. The molecule has 0 aliphatic rings. The van der Waals surface area contributed by atoms with Crippen LogP contribution in [0.3, 0.4) is 0 Å². The van der Waals surface area contributed by atoms with Crippen molar-refractivity contribution in [2.24, 2.45) is 0 Å². The fourth-order valence-corrected chi connectivity index (χ4v) is 1.68. The van der Waals surface area contributed by atoms with E-state index in [1.165, 1.54) is 16.5 Å². The highest BCUT2D eigenvalue weighted by molar-refractivity contribution is 5.81. The number of benzene rings is 1. The van der Waals surface area contributed by atoms with E-state index in [4.69, 9.17) is 0 Å². The van der Waals surface area contributed by atoms with E-state index in [1.807, 2.05) is 36.5 Å². The molecule has 1 nitrogen and oxygen atoms in total. The largest absolute Gasteiger partial charge is 0.256 e. The van der Waals surface area contributed by atoms with Gasteiger partial charge in [0.25, 0.3) is 0 Å². The molecule has 0 fully saturated rings. The fourth-order valence-electron chi connectivity index (χ4n) is 1.68. The summed E-state index contributed by atoms with van der Waals surface area (Å²) in [5.41, 5.74) is 3.58. The first-order valence-corrected chi connectivity index (χ1v) is 5.43. The Balaban J connectivity index is 2.93. The average molecular weight is 209 g/mol. The van der Waals surface area contributed by atoms with Crippen LogP contribution in [0.2, 0.25) is 0 Å². The highest BCUT2D eigenvalue weighted by Crippen LogP contribution is 2.15. The van der Waals surface area contributed by atoms with Crippen molar-refractivity contribution in [1.82, 2.24) is 4.98 Å². The summed E-state index contributed by atoms with van der Waals surface area (Å²) < 4.78 is 0. The molecule has 1 aromatic carbocycles. The van der Waals surface area contributed by atoms with Crippen LogP contribution < -0.4 is 0 Å². The SMILES string of the molecule is Cc1cccccnc2ccccc2c1C. The first kappa shape index (κ1) is 10.6. The van der Waals surface area contributed by atoms with E-state index in [0.717, 1.165) is 5.52 Å². The molecule has 1 heteroatoms. The topological polar surface area (TPSA) is 12.9 Å². The molecule has 0 bridgehead atoms. The van der Waals surface area contributed by atoms with Crippen molar-refractivity contribution in [3.05, 3.63) is 65.9 Å². The predicted octanol–water partition coefficient (Wildman–Crippen LogP) is 3.98. The van der Waals surface area contributed by atoms with Crippen molar-refractivity contribution < 1.29 is 0 Å². The lowest BCUT2D eigenvalue weighted by Gasteiger charge is -1.99. The second-order valence-electron chi connectivity index (χ2n) is 3.85. The fraction of sp³-hybridized carbons (Fsp3) is 0.133. The zero-order valence-electron chi connectivity index (χ0n) is 9.64. The van der Waals surface area contributed by atoms with E-state index >= 15 is 0 Å². The van der Waals surface area contributed by atoms with Crippen LogP contribution >= 0.6 is 0 Å². The van der Waals surface area contributed by atoms with Crippen molar-refractivity contribution in [1.29, 1.82) is 0 Å². The minimum absolute atomic E-state index is 1.03. The molecule has 80 valence electrons. The maximum atomic E-state index is 4.45. The summed E-state index contributed by atoms with van der Waals surface area (Å²) >= 11 is 0. The number of hydrogen-bond donors (Lipinski definition) is 0. The van der Waals surface area contributed by atoms with E-state index in [-0.39, 0.29) is 0 Å². The second-order valence-corrected chi connectivity index (χ2v) is 3.85. The summed E-state index contributed by atoms with van der Waals surface area (Å²) in [6.07, 6.45) is 1.83. The molecule has 2 rings (SSSR count). The van der Waals surface area contributed by atoms with Crippen LogP contribution in [0.4, 0.5) is 0 Å². The highest BCUT2D eigenvalue weighted by atomic mass is 14.6. The standard InChI is InChI=1S/C15H15N/c1-12-8-4-3-7-11-16-15-10-6-5-9-14(15)13(12)2/h3-11H,1-2H3. The maximum Gasteiger partial charge on any atom is 0.0704 e. The van der Waals surface area contributed by atoms with Crippen molar-refractivity contribution in [2.75, 3.05) is 0 Å². The molecule has 1 aromatic heterocycles. The van der Waals surface area contributed by atoms with E-state index in [9.17, 15) is 0 Å². The van der Waals surface area contributed by atoms with Gasteiger partial charge in [0.05, 0.1) is 5.52 Å².